The molecule has 10 nitrogen and oxygen atoms in total. The number of nitrogens with zero attached hydrogens (tertiary/aromatic N) is 4. The lowest BCUT2D eigenvalue weighted by molar-refractivity contribution is -0.119. The van der Waals surface area contributed by atoms with Crippen LogP contribution in [0, 0.1) is 0 Å². The smallest absolute Gasteiger partial charge is 0.321 e. The molecule has 1 atom stereocenters. The van der Waals surface area contributed by atoms with Crippen molar-refractivity contribution in [2.75, 3.05) is 20.1 Å². The number of carbonyl (C=O) groups excluding carboxylic acids is 2. The van der Waals surface area contributed by atoms with E-state index < -0.39 is 27.2 Å². The third-order valence-corrected chi connectivity index (χ3v) is 6.89. The van der Waals surface area contributed by atoms with Crippen molar-refractivity contribution in [3.8, 4) is 0 Å². The normalized spacial score (nSPS) is 12.9. The number of pyridine rings is 1. The summed E-state index contributed by atoms with van der Waals surface area (Å²) in [6.07, 6.45) is 1.44. The van der Waals surface area contributed by atoms with Gasteiger partial charge in [-0.15, -0.1) is 10.2 Å². The molecule has 12 heteroatoms. The van der Waals surface area contributed by atoms with Crippen molar-refractivity contribution in [3.63, 3.8) is 0 Å². The fraction of sp³-hybridized carbons (Fsp3) is 0.467. The zero-order chi connectivity index (χ0) is 20.2. The van der Waals surface area contributed by atoms with E-state index in [1.165, 1.54) is 28.0 Å². The lowest BCUT2D eigenvalue weighted by Crippen LogP contribution is -2.41. The van der Waals surface area contributed by atoms with Crippen LogP contribution in [0.2, 0.25) is 0 Å². The third kappa shape index (κ3) is 4.57. The van der Waals surface area contributed by atoms with E-state index in [-0.39, 0.29) is 4.90 Å². The minimum Gasteiger partial charge on any atom is -0.341 e. The molecule has 0 saturated carbocycles. The Morgan fingerprint density at radius 2 is 1.93 bits per heavy atom. The Bertz CT molecular complexity index is 939. The van der Waals surface area contributed by atoms with Gasteiger partial charge in [0.05, 0.1) is 10.1 Å². The minimum absolute atomic E-state index is 0.114. The van der Waals surface area contributed by atoms with Gasteiger partial charge in [-0.25, -0.2) is 13.2 Å². The summed E-state index contributed by atoms with van der Waals surface area (Å²) in [5.41, 5.74) is 0.454. The van der Waals surface area contributed by atoms with Crippen LogP contribution in [0.15, 0.2) is 28.4 Å². The first-order valence-corrected chi connectivity index (χ1v) is 10.6. The number of aromatic nitrogens is 3. The number of nitrogens with one attached hydrogen (secondary N) is 2. The SMILES string of the molecule is CCN(CC)S(=O)(=O)c1ccc2nnc(SC(C)C(=O)NC(=O)NC)n2c1. The molecule has 0 spiro atoms. The molecule has 2 aromatic heterocycles. The molecule has 0 aromatic carbocycles. The third-order valence-electron chi connectivity index (χ3n) is 3.80. The molecule has 0 bridgehead atoms. The van der Waals surface area contributed by atoms with Crippen molar-refractivity contribution in [2.45, 2.75) is 36.1 Å². The van der Waals surface area contributed by atoms with E-state index in [9.17, 15) is 18.0 Å². The Kier molecular flexibility index (Phi) is 6.78. The fourth-order valence-corrected chi connectivity index (χ4v) is 4.57. The molecule has 2 rings (SSSR count). The summed E-state index contributed by atoms with van der Waals surface area (Å²) < 4.78 is 28.3. The van der Waals surface area contributed by atoms with Crippen molar-refractivity contribution in [2.24, 2.45) is 0 Å². The second-order valence-electron chi connectivity index (χ2n) is 5.49. The Hall–Kier alpha value is -2.18. The molecule has 1 unspecified atom stereocenters. The van der Waals surface area contributed by atoms with Crippen LogP contribution in [0.3, 0.4) is 0 Å². The van der Waals surface area contributed by atoms with Crippen LogP contribution in [-0.4, -0.2) is 64.6 Å². The number of sulfonamides is 1. The number of amides is 3. The molecule has 0 saturated heterocycles. The van der Waals surface area contributed by atoms with Gasteiger partial charge in [0, 0.05) is 26.3 Å². The maximum Gasteiger partial charge on any atom is 0.321 e. The highest BCUT2D eigenvalue weighted by atomic mass is 32.2. The van der Waals surface area contributed by atoms with Gasteiger partial charge in [0.15, 0.2) is 10.8 Å². The Balaban J connectivity index is 2.32. The molecule has 0 aliphatic heterocycles. The van der Waals surface area contributed by atoms with E-state index >= 15 is 0 Å². The van der Waals surface area contributed by atoms with Gasteiger partial charge >= 0.3 is 6.03 Å². The highest BCUT2D eigenvalue weighted by molar-refractivity contribution is 8.00. The van der Waals surface area contributed by atoms with Gasteiger partial charge in [0.25, 0.3) is 0 Å². The maximum absolute atomic E-state index is 12.7. The quantitative estimate of drug-likeness (QED) is 0.639. The number of rotatable bonds is 7. The summed E-state index contributed by atoms with van der Waals surface area (Å²) >= 11 is 1.07. The van der Waals surface area contributed by atoms with E-state index in [4.69, 9.17) is 0 Å². The molecule has 27 heavy (non-hydrogen) atoms. The van der Waals surface area contributed by atoms with Gasteiger partial charge in [0.1, 0.15) is 0 Å². The van der Waals surface area contributed by atoms with Gasteiger partial charge in [-0.1, -0.05) is 25.6 Å². The molecule has 0 radical (unpaired) electrons. The summed E-state index contributed by atoms with van der Waals surface area (Å²) in [5, 5.41) is 12.2. The number of thioether (sulfide) groups is 1. The predicted octanol–water partition coefficient (Wildman–Crippen LogP) is 0.696. The average molecular weight is 415 g/mol. The van der Waals surface area contributed by atoms with Crippen LogP contribution in [0.25, 0.3) is 5.65 Å². The standard InChI is InChI=1S/C15H22N6O4S2/c1-5-20(6-2)27(24,25)11-7-8-12-18-19-15(21(12)9-11)26-10(3)13(22)17-14(23)16-4/h7-10H,5-6H2,1-4H3,(H2,16,17,22,23). The van der Waals surface area contributed by atoms with E-state index in [1.807, 2.05) is 0 Å². The van der Waals surface area contributed by atoms with Gasteiger partial charge < -0.3 is 5.32 Å². The van der Waals surface area contributed by atoms with Crippen molar-refractivity contribution in [1.29, 1.82) is 0 Å². The molecule has 0 fully saturated rings. The van der Waals surface area contributed by atoms with E-state index in [0.29, 0.717) is 23.9 Å². The van der Waals surface area contributed by atoms with Crippen LogP contribution in [0.1, 0.15) is 20.8 Å². The number of hydrogen-bond acceptors (Lipinski definition) is 7. The zero-order valence-corrected chi connectivity index (χ0v) is 17.1. The van der Waals surface area contributed by atoms with Crippen LogP contribution in [0.5, 0.6) is 0 Å². The van der Waals surface area contributed by atoms with E-state index in [0.717, 1.165) is 11.8 Å². The topological polar surface area (TPSA) is 126 Å². The van der Waals surface area contributed by atoms with Crippen LogP contribution in [-0.2, 0) is 14.8 Å². The lowest BCUT2D eigenvalue weighted by atomic mass is 10.4. The number of hydrogen-bond donors (Lipinski definition) is 2. The highest BCUT2D eigenvalue weighted by Crippen LogP contribution is 2.24. The minimum atomic E-state index is -3.64. The van der Waals surface area contributed by atoms with E-state index in [2.05, 4.69) is 20.8 Å². The van der Waals surface area contributed by atoms with Crippen molar-refractivity contribution < 1.29 is 18.0 Å². The second-order valence-corrected chi connectivity index (χ2v) is 8.74. The van der Waals surface area contributed by atoms with Gasteiger partial charge in [-0.3, -0.25) is 14.5 Å². The first-order chi connectivity index (χ1) is 12.7. The van der Waals surface area contributed by atoms with Crippen molar-refractivity contribution >= 4 is 39.4 Å². The molecule has 3 amide bonds. The van der Waals surface area contributed by atoms with E-state index in [1.54, 1.807) is 26.8 Å². The Labute approximate surface area is 161 Å². The molecular weight excluding hydrogens is 392 g/mol. The summed E-state index contributed by atoms with van der Waals surface area (Å²) in [5.74, 6) is -0.497. The molecule has 2 N–H and O–H groups in total. The number of urea groups is 1. The number of fused-ring (bicyclic) bond motifs is 1. The van der Waals surface area contributed by atoms with Crippen LogP contribution in [0.4, 0.5) is 4.79 Å². The summed E-state index contributed by atoms with van der Waals surface area (Å²) in [6.45, 7) is 5.87. The van der Waals surface area contributed by atoms with Gasteiger partial charge in [-0.2, -0.15) is 4.31 Å². The number of carbonyl (C=O) groups is 2. The molecule has 2 heterocycles. The lowest BCUT2D eigenvalue weighted by Gasteiger charge is -2.18. The molecule has 2 aromatic rings. The molecule has 0 aliphatic carbocycles. The van der Waals surface area contributed by atoms with Crippen LogP contribution < -0.4 is 10.6 Å². The molecule has 0 aliphatic rings. The summed E-state index contributed by atoms with van der Waals surface area (Å²) in [4.78, 5) is 23.4. The van der Waals surface area contributed by atoms with Gasteiger partial charge in [0.2, 0.25) is 15.9 Å². The first kappa shape index (κ1) is 21.1. The summed E-state index contributed by atoms with van der Waals surface area (Å²) in [6, 6.07) is 2.43. The predicted molar refractivity (Wildman–Crippen MR) is 101 cm³/mol. The average Bonchev–Trinajstić information content (AvgIpc) is 3.04. The number of imide groups is 1. The Morgan fingerprint density at radius 3 is 2.52 bits per heavy atom. The Morgan fingerprint density at radius 1 is 1.26 bits per heavy atom. The molecular formula is C15H22N6O4S2. The second kappa shape index (κ2) is 8.67. The maximum atomic E-state index is 12.7. The largest absolute Gasteiger partial charge is 0.341 e. The monoisotopic (exact) mass is 414 g/mol. The zero-order valence-electron chi connectivity index (χ0n) is 15.5. The summed E-state index contributed by atoms with van der Waals surface area (Å²) in [7, 11) is -2.23. The highest BCUT2D eigenvalue weighted by Gasteiger charge is 2.24. The van der Waals surface area contributed by atoms with Crippen LogP contribution >= 0.6 is 11.8 Å². The first-order valence-electron chi connectivity index (χ1n) is 8.28. The molecule has 148 valence electrons. The van der Waals surface area contributed by atoms with Gasteiger partial charge in [-0.05, 0) is 19.1 Å². The van der Waals surface area contributed by atoms with Crippen molar-refractivity contribution in [1.82, 2.24) is 29.5 Å². The van der Waals surface area contributed by atoms with Crippen molar-refractivity contribution in [3.05, 3.63) is 18.3 Å². The fourth-order valence-electron chi connectivity index (χ4n) is 2.28.